The van der Waals surface area contributed by atoms with Gasteiger partial charge in [0.15, 0.2) is 0 Å². The lowest BCUT2D eigenvalue weighted by Gasteiger charge is -2.39. The van der Waals surface area contributed by atoms with Gasteiger partial charge in [0.1, 0.15) is 18.1 Å². The molecule has 0 amide bonds. The molecule has 22 heavy (non-hydrogen) atoms. The quantitative estimate of drug-likeness (QED) is 0.869. The maximum atomic E-state index is 13.5. The van der Waals surface area contributed by atoms with Crippen molar-refractivity contribution in [3.05, 3.63) is 35.6 Å². The Morgan fingerprint density at radius 2 is 2.14 bits per heavy atom. The number of nitrogens with zero attached hydrogens (tertiary/aromatic N) is 1. The lowest BCUT2D eigenvalue weighted by molar-refractivity contribution is -0.148. The van der Waals surface area contributed by atoms with Crippen LogP contribution in [0.25, 0.3) is 0 Å². The molecule has 0 spiro atoms. The Morgan fingerprint density at radius 1 is 1.45 bits per heavy atom. The van der Waals surface area contributed by atoms with E-state index in [0.717, 1.165) is 6.29 Å². The number of aldehydes is 1. The fourth-order valence-electron chi connectivity index (χ4n) is 3.41. The maximum absolute atomic E-state index is 13.5. The zero-order chi connectivity index (χ0) is 16.5. The number of halogens is 1. The number of likely N-dealkylation sites (tertiary alicyclic amines) is 1. The summed E-state index contributed by atoms with van der Waals surface area (Å²) < 4.78 is 13.5. The highest BCUT2D eigenvalue weighted by Crippen LogP contribution is 2.41. The van der Waals surface area contributed by atoms with Crippen molar-refractivity contribution in [1.29, 1.82) is 0 Å². The van der Waals surface area contributed by atoms with Crippen LogP contribution in [0.2, 0.25) is 0 Å². The number of carboxylic acids is 1. The van der Waals surface area contributed by atoms with Gasteiger partial charge in [-0.1, -0.05) is 32.9 Å². The number of hydrogen-bond donors (Lipinski definition) is 1. The van der Waals surface area contributed by atoms with Gasteiger partial charge in [0.05, 0.1) is 0 Å². The molecule has 0 radical (unpaired) electrons. The lowest BCUT2D eigenvalue weighted by Crippen LogP contribution is -2.49. The van der Waals surface area contributed by atoms with Crippen molar-refractivity contribution in [1.82, 2.24) is 4.90 Å². The molecule has 0 bridgehead atoms. The second-order valence-corrected chi connectivity index (χ2v) is 6.93. The third-order valence-corrected chi connectivity index (χ3v) is 4.23. The molecule has 1 saturated heterocycles. The van der Waals surface area contributed by atoms with Crippen molar-refractivity contribution < 1.29 is 19.1 Å². The number of aliphatic carboxylic acids is 1. The first-order chi connectivity index (χ1) is 10.3. The molecular weight excluding hydrogens is 285 g/mol. The fraction of sp³-hybridized carbons (Fsp3) is 0.529. The van der Waals surface area contributed by atoms with Crippen LogP contribution in [-0.4, -0.2) is 34.8 Å². The van der Waals surface area contributed by atoms with Crippen molar-refractivity contribution in [3.63, 3.8) is 0 Å². The molecule has 2 rings (SSSR count). The number of hydrogen-bond acceptors (Lipinski definition) is 3. The highest BCUT2D eigenvalue weighted by Gasteiger charge is 2.46. The Morgan fingerprint density at radius 3 is 2.64 bits per heavy atom. The van der Waals surface area contributed by atoms with E-state index < -0.39 is 23.5 Å². The predicted molar refractivity (Wildman–Crippen MR) is 80.9 cm³/mol. The Hall–Kier alpha value is -1.75. The lowest BCUT2D eigenvalue weighted by atomic mass is 9.84. The summed E-state index contributed by atoms with van der Waals surface area (Å²) in [6.45, 7) is 6.10. The van der Waals surface area contributed by atoms with E-state index in [1.807, 2.05) is 25.7 Å². The Balaban J connectivity index is 2.45. The molecule has 0 unspecified atom stereocenters. The van der Waals surface area contributed by atoms with Gasteiger partial charge in [-0.25, -0.2) is 4.39 Å². The van der Waals surface area contributed by atoms with Crippen molar-refractivity contribution in [2.45, 2.75) is 39.3 Å². The zero-order valence-corrected chi connectivity index (χ0v) is 13.1. The minimum atomic E-state index is -0.916. The average Bonchev–Trinajstić information content (AvgIpc) is 2.80. The summed E-state index contributed by atoms with van der Waals surface area (Å²) in [4.78, 5) is 25.0. The zero-order valence-electron chi connectivity index (χ0n) is 13.1. The van der Waals surface area contributed by atoms with E-state index in [1.54, 1.807) is 12.1 Å². The number of rotatable bonds is 4. The van der Waals surface area contributed by atoms with Crippen LogP contribution in [0.1, 0.15) is 38.8 Å². The van der Waals surface area contributed by atoms with E-state index in [-0.39, 0.29) is 11.7 Å². The second kappa shape index (κ2) is 6.16. The molecule has 1 N–H and O–H groups in total. The maximum Gasteiger partial charge on any atom is 0.321 e. The van der Waals surface area contributed by atoms with Crippen LogP contribution in [0, 0.1) is 17.2 Å². The molecule has 1 heterocycles. The summed E-state index contributed by atoms with van der Waals surface area (Å²) in [5, 5.41) is 9.64. The van der Waals surface area contributed by atoms with Gasteiger partial charge in [-0.05, 0) is 29.5 Å². The van der Waals surface area contributed by atoms with E-state index in [1.165, 1.54) is 12.1 Å². The van der Waals surface area contributed by atoms with Gasteiger partial charge in [-0.15, -0.1) is 0 Å². The summed E-state index contributed by atoms with van der Waals surface area (Å²) in [6.07, 6.45) is 1.45. The molecule has 0 aliphatic carbocycles. The highest BCUT2D eigenvalue weighted by atomic mass is 19.1. The van der Waals surface area contributed by atoms with Crippen LogP contribution in [0.15, 0.2) is 24.3 Å². The van der Waals surface area contributed by atoms with Gasteiger partial charge in [0.25, 0.3) is 0 Å². The SMILES string of the molecule is CC(C)(C)[C@H](C(=O)O)N1CC[C@@H](C=O)[C@H]1c1cccc(F)c1. The molecule has 5 heteroatoms. The smallest absolute Gasteiger partial charge is 0.321 e. The second-order valence-electron chi connectivity index (χ2n) is 6.93. The largest absolute Gasteiger partial charge is 0.480 e. The highest BCUT2D eigenvalue weighted by molar-refractivity contribution is 5.75. The van der Waals surface area contributed by atoms with Gasteiger partial charge in [0.2, 0.25) is 0 Å². The molecule has 1 aliphatic rings. The molecule has 1 fully saturated rings. The van der Waals surface area contributed by atoms with E-state index in [0.29, 0.717) is 18.5 Å². The summed E-state index contributed by atoms with van der Waals surface area (Å²) in [6, 6.07) is 4.96. The van der Waals surface area contributed by atoms with Gasteiger partial charge in [-0.2, -0.15) is 0 Å². The van der Waals surface area contributed by atoms with Crippen LogP contribution in [0.5, 0.6) is 0 Å². The summed E-state index contributed by atoms with van der Waals surface area (Å²) in [5.41, 5.74) is 0.167. The molecule has 0 saturated carbocycles. The van der Waals surface area contributed by atoms with Crippen LogP contribution in [-0.2, 0) is 9.59 Å². The van der Waals surface area contributed by atoms with E-state index >= 15 is 0 Å². The van der Waals surface area contributed by atoms with E-state index in [2.05, 4.69) is 0 Å². The first kappa shape index (κ1) is 16.6. The number of carbonyl (C=O) groups excluding carboxylic acids is 1. The van der Waals surface area contributed by atoms with Crippen LogP contribution < -0.4 is 0 Å². The Bertz CT molecular complexity index is 567. The molecule has 1 aliphatic heterocycles. The van der Waals surface area contributed by atoms with Gasteiger partial charge in [-0.3, -0.25) is 9.69 Å². The van der Waals surface area contributed by atoms with Crippen molar-refractivity contribution in [3.8, 4) is 0 Å². The topological polar surface area (TPSA) is 57.6 Å². The molecule has 0 aromatic heterocycles. The Labute approximate surface area is 129 Å². The minimum absolute atomic E-state index is 0.314. The van der Waals surface area contributed by atoms with Crippen LogP contribution in [0.3, 0.4) is 0 Å². The predicted octanol–water partition coefficient (Wildman–Crippen LogP) is 2.89. The monoisotopic (exact) mass is 307 g/mol. The van der Waals surface area contributed by atoms with E-state index in [9.17, 15) is 19.1 Å². The molecule has 120 valence electrons. The molecular formula is C17H22FNO3. The number of benzene rings is 1. The number of carboxylic acid groups (broad SMARTS) is 1. The normalized spacial score (nSPS) is 24.2. The molecule has 1 aromatic carbocycles. The molecule has 3 atom stereocenters. The third kappa shape index (κ3) is 3.19. The summed E-state index contributed by atoms with van der Waals surface area (Å²) in [5.74, 6) is -1.61. The Kier molecular flexibility index (Phi) is 4.66. The van der Waals surface area contributed by atoms with E-state index in [4.69, 9.17) is 0 Å². The average molecular weight is 307 g/mol. The van der Waals surface area contributed by atoms with Crippen molar-refractivity contribution in [2.75, 3.05) is 6.54 Å². The van der Waals surface area contributed by atoms with Crippen molar-refractivity contribution in [2.24, 2.45) is 11.3 Å². The molecule has 1 aromatic rings. The van der Waals surface area contributed by atoms with Crippen LogP contribution >= 0.6 is 0 Å². The first-order valence-electron chi connectivity index (χ1n) is 7.45. The summed E-state index contributed by atoms with van der Waals surface area (Å²) >= 11 is 0. The minimum Gasteiger partial charge on any atom is -0.480 e. The van der Waals surface area contributed by atoms with Gasteiger partial charge < -0.3 is 9.90 Å². The fourth-order valence-corrected chi connectivity index (χ4v) is 3.41. The van der Waals surface area contributed by atoms with Crippen LogP contribution in [0.4, 0.5) is 4.39 Å². The van der Waals surface area contributed by atoms with Gasteiger partial charge >= 0.3 is 5.97 Å². The molecule has 4 nitrogen and oxygen atoms in total. The third-order valence-electron chi connectivity index (χ3n) is 4.23. The first-order valence-corrected chi connectivity index (χ1v) is 7.45. The summed E-state index contributed by atoms with van der Waals surface area (Å²) in [7, 11) is 0. The number of carbonyl (C=O) groups is 2. The van der Waals surface area contributed by atoms with Crippen molar-refractivity contribution >= 4 is 12.3 Å². The standard InChI is InChI=1S/C17H22FNO3/c1-17(2,3)15(16(21)22)19-8-7-12(10-20)14(19)11-5-4-6-13(18)9-11/h4-6,9-10,12,14-15H,7-8H2,1-3H3,(H,21,22)/t12-,14+,15-/m0/s1. The van der Waals surface area contributed by atoms with Gasteiger partial charge in [0, 0.05) is 18.5 Å².